The van der Waals surface area contributed by atoms with E-state index in [1.165, 1.54) is 30.3 Å². The second-order valence-electron chi connectivity index (χ2n) is 9.40. The normalized spacial score (nSPS) is 22.3. The van der Waals surface area contributed by atoms with Gasteiger partial charge in [-0.1, -0.05) is 31.4 Å². The van der Waals surface area contributed by atoms with Crippen LogP contribution in [0.3, 0.4) is 0 Å². The van der Waals surface area contributed by atoms with Gasteiger partial charge in [0, 0.05) is 23.9 Å². The summed E-state index contributed by atoms with van der Waals surface area (Å²) in [5, 5.41) is 3.14. The van der Waals surface area contributed by atoms with Crippen molar-refractivity contribution < 1.29 is 27.5 Å². The summed E-state index contributed by atoms with van der Waals surface area (Å²) in [5.41, 5.74) is 1.12. The molecule has 2 aromatic carbocycles. The summed E-state index contributed by atoms with van der Waals surface area (Å²) in [6.45, 7) is 0.510. The van der Waals surface area contributed by atoms with Crippen molar-refractivity contribution in [2.75, 3.05) is 24.3 Å². The number of benzene rings is 2. The quantitative estimate of drug-likeness (QED) is 0.579. The minimum Gasteiger partial charge on any atom is -0.497 e. The van der Waals surface area contributed by atoms with Crippen molar-refractivity contribution in [2.45, 2.75) is 55.7 Å². The fourth-order valence-corrected chi connectivity index (χ4v) is 6.81. The van der Waals surface area contributed by atoms with Gasteiger partial charge in [-0.05, 0) is 48.7 Å². The molecule has 2 fully saturated rings. The molecule has 0 aromatic heterocycles. The highest BCUT2D eigenvalue weighted by molar-refractivity contribution is 8.01. The Morgan fingerprint density at radius 2 is 1.86 bits per heavy atom. The van der Waals surface area contributed by atoms with Crippen molar-refractivity contribution in [1.82, 2.24) is 10.2 Å². The van der Waals surface area contributed by atoms with E-state index in [1.54, 1.807) is 35.1 Å². The van der Waals surface area contributed by atoms with Gasteiger partial charge in [0.25, 0.3) is 5.91 Å². The van der Waals surface area contributed by atoms with E-state index in [9.17, 15) is 22.8 Å². The number of urea groups is 1. The summed E-state index contributed by atoms with van der Waals surface area (Å²) < 4.78 is 44.5. The van der Waals surface area contributed by atoms with Gasteiger partial charge in [-0.2, -0.15) is 13.2 Å². The minimum absolute atomic E-state index is 0.0939. The smallest absolute Gasteiger partial charge is 0.416 e. The molecule has 36 heavy (non-hydrogen) atoms. The molecule has 1 unspecified atom stereocenters. The summed E-state index contributed by atoms with van der Waals surface area (Å²) in [4.78, 5) is 29.5. The van der Waals surface area contributed by atoms with E-state index in [2.05, 4.69) is 5.32 Å². The molecule has 192 valence electrons. The summed E-state index contributed by atoms with van der Waals surface area (Å²) >= 11 is 1.41. The highest BCUT2D eigenvalue weighted by Gasteiger charge is 2.59. The molecule has 1 aliphatic carbocycles. The number of methoxy groups -OCH3 is 1. The average Bonchev–Trinajstić information content (AvgIpc) is 3.41. The lowest BCUT2D eigenvalue weighted by Crippen LogP contribution is -2.55. The number of halogens is 3. The van der Waals surface area contributed by atoms with Gasteiger partial charge in [0.05, 0.1) is 24.9 Å². The first-order valence-electron chi connectivity index (χ1n) is 12.1. The molecule has 1 N–H and O–H groups in total. The van der Waals surface area contributed by atoms with Crippen LogP contribution in [0.5, 0.6) is 5.75 Å². The maximum atomic E-state index is 14.1. The Kier molecular flexibility index (Phi) is 6.57. The number of rotatable bonds is 4. The molecule has 1 atom stereocenters. The van der Waals surface area contributed by atoms with Crippen LogP contribution >= 0.6 is 11.8 Å². The third-order valence-corrected chi connectivity index (χ3v) is 8.62. The number of nitrogens with zero attached hydrogens (tertiary/aromatic N) is 2. The number of thioether (sulfide) groups is 1. The third kappa shape index (κ3) is 4.29. The zero-order valence-corrected chi connectivity index (χ0v) is 20.8. The van der Waals surface area contributed by atoms with Crippen LogP contribution in [0.25, 0.3) is 0 Å². The molecule has 3 aliphatic rings. The first-order valence-corrected chi connectivity index (χ1v) is 13.1. The molecule has 5 rings (SSSR count). The molecule has 3 amide bonds. The van der Waals surface area contributed by atoms with Crippen LogP contribution in [0, 0.1) is 0 Å². The Labute approximate surface area is 212 Å². The van der Waals surface area contributed by atoms with E-state index in [4.69, 9.17) is 4.74 Å². The molecule has 6 nitrogen and oxygen atoms in total. The number of carbonyl (C=O) groups excluding carboxylic acids is 2. The average molecular weight is 520 g/mol. The maximum absolute atomic E-state index is 14.1. The Morgan fingerprint density at radius 3 is 2.53 bits per heavy atom. The Hall–Kier alpha value is -2.88. The van der Waals surface area contributed by atoms with Gasteiger partial charge in [-0.25, -0.2) is 4.79 Å². The van der Waals surface area contributed by atoms with Gasteiger partial charge in [0.2, 0.25) is 0 Å². The topological polar surface area (TPSA) is 61.9 Å². The van der Waals surface area contributed by atoms with Gasteiger partial charge < -0.3 is 15.0 Å². The molecule has 2 heterocycles. The van der Waals surface area contributed by atoms with Gasteiger partial charge in [0.1, 0.15) is 5.75 Å². The third-order valence-electron chi connectivity index (χ3n) is 7.20. The lowest BCUT2D eigenvalue weighted by atomic mass is 9.95. The summed E-state index contributed by atoms with van der Waals surface area (Å²) in [6, 6.07) is 9.98. The lowest BCUT2D eigenvalue weighted by Gasteiger charge is -2.35. The minimum atomic E-state index is -4.43. The fraction of sp³-hybridized carbons (Fsp3) is 0.462. The van der Waals surface area contributed by atoms with Crippen LogP contribution in [0.1, 0.15) is 48.8 Å². The highest BCUT2D eigenvalue weighted by Crippen LogP contribution is 2.55. The molecular formula is C26H28F3N3O3S. The number of nitrogens with one attached hydrogen (secondary N) is 1. The largest absolute Gasteiger partial charge is 0.497 e. The number of carbonyl (C=O) groups is 2. The second kappa shape index (κ2) is 9.53. The predicted octanol–water partition coefficient (Wildman–Crippen LogP) is 5.50. The number of anilines is 1. The fourth-order valence-electron chi connectivity index (χ4n) is 5.36. The number of hydrogen-bond donors (Lipinski definition) is 1. The van der Waals surface area contributed by atoms with Crippen molar-refractivity contribution in [3.05, 3.63) is 59.2 Å². The monoisotopic (exact) mass is 519 g/mol. The molecule has 10 heteroatoms. The molecule has 2 aromatic rings. The first-order chi connectivity index (χ1) is 17.2. The van der Waals surface area contributed by atoms with E-state index in [-0.39, 0.29) is 24.5 Å². The number of hydrogen-bond acceptors (Lipinski definition) is 4. The number of fused-ring (bicyclic) bond motifs is 2. The molecule has 2 aliphatic heterocycles. The van der Waals surface area contributed by atoms with Crippen molar-refractivity contribution >= 4 is 29.4 Å². The van der Waals surface area contributed by atoms with E-state index in [0.717, 1.165) is 37.8 Å². The molecule has 1 spiro atoms. The van der Waals surface area contributed by atoms with E-state index < -0.39 is 16.6 Å². The van der Waals surface area contributed by atoms with Gasteiger partial charge in [-0.15, -0.1) is 11.8 Å². The van der Waals surface area contributed by atoms with Crippen molar-refractivity contribution in [3.63, 3.8) is 0 Å². The molecule has 1 saturated carbocycles. The van der Waals surface area contributed by atoms with Crippen LogP contribution in [-0.2, 0) is 22.4 Å². The zero-order valence-electron chi connectivity index (χ0n) is 19.9. The Morgan fingerprint density at radius 1 is 1.14 bits per heavy atom. The number of alkyl halides is 3. The summed E-state index contributed by atoms with van der Waals surface area (Å²) in [7, 11) is 1.54. The molecule has 0 bridgehead atoms. The summed E-state index contributed by atoms with van der Waals surface area (Å²) in [6.07, 6.45) is 0.744. The standard InChI is InChI=1S/C26H28F3N3O3S/c1-35-20-11-12-22-21(15-20)25(32(13-14-36-25)24(34)30-19-5-3-2-4-6-19)23(33)31(22)16-17-7-9-18(10-8-17)26(27,28)29/h7-12,15,19H,2-6,13-14,16H2,1H3,(H,30,34). The SMILES string of the molecule is COc1ccc2c(c1)C1(SCCN1C(=O)NC1CCCCC1)C(=O)N2Cc1ccc(C(F)(F)F)cc1. The Bertz CT molecular complexity index is 1150. The van der Waals surface area contributed by atoms with Crippen LogP contribution in [0.2, 0.25) is 0 Å². The van der Waals surface area contributed by atoms with E-state index in [1.807, 2.05) is 0 Å². The van der Waals surface area contributed by atoms with Crippen LogP contribution in [0.15, 0.2) is 42.5 Å². The van der Waals surface area contributed by atoms with Crippen LogP contribution < -0.4 is 15.0 Å². The second-order valence-corrected chi connectivity index (χ2v) is 10.7. The van der Waals surface area contributed by atoms with Crippen molar-refractivity contribution in [1.29, 1.82) is 0 Å². The predicted molar refractivity (Wildman–Crippen MR) is 132 cm³/mol. The first kappa shape index (κ1) is 24.8. The zero-order chi connectivity index (χ0) is 25.5. The van der Waals surface area contributed by atoms with Gasteiger partial charge >= 0.3 is 12.2 Å². The van der Waals surface area contributed by atoms with E-state index in [0.29, 0.717) is 34.9 Å². The Balaban J connectivity index is 1.48. The lowest BCUT2D eigenvalue weighted by molar-refractivity contribution is -0.137. The molecule has 0 radical (unpaired) electrons. The van der Waals surface area contributed by atoms with Crippen molar-refractivity contribution in [2.24, 2.45) is 0 Å². The number of amides is 3. The summed E-state index contributed by atoms with van der Waals surface area (Å²) in [5.74, 6) is 0.888. The van der Waals surface area contributed by atoms with Crippen LogP contribution in [-0.4, -0.2) is 42.3 Å². The highest BCUT2D eigenvalue weighted by atomic mass is 32.2. The number of ether oxygens (including phenoxy) is 1. The molecular weight excluding hydrogens is 491 g/mol. The van der Waals surface area contributed by atoms with Gasteiger partial charge in [-0.3, -0.25) is 9.69 Å². The van der Waals surface area contributed by atoms with E-state index >= 15 is 0 Å². The van der Waals surface area contributed by atoms with Crippen LogP contribution in [0.4, 0.5) is 23.7 Å². The van der Waals surface area contributed by atoms with Gasteiger partial charge in [0.15, 0.2) is 4.87 Å². The van der Waals surface area contributed by atoms with Crippen molar-refractivity contribution in [3.8, 4) is 5.75 Å². The molecule has 1 saturated heterocycles. The maximum Gasteiger partial charge on any atom is 0.416 e.